The number of hydrogen-bond acceptors (Lipinski definition) is 8. The third-order valence-electron chi connectivity index (χ3n) is 7.29. The summed E-state index contributed by atoms with van der Waals surface area (Å²) in [4.78, 5) is 52.2. The Morgan fingerprint density at radius 1 is 0.429 bits per heavy atom. The molecule has 0 fully saturated rings. The van der Waals surface area contributed by atoms with Gasteiger partial charge < -0.3 is 39.0 Å². The first-order valence-electron chi connectivity index (χ1n) is 18.1. The normalized spacial score (nSPS) is 10.4. The molecular formula is C36H68Na4O8Si. The summed E-state index contributed by atoms with van der Waals surface area (Å²) in [6, 6.07) is 0. The van der Waals surface area contributed by atoms with Crippen LogP contribution < -0.4 is 138 Å². The molecule has 8 nitrogen and oxygen atoms in total. The van der Waals surface area contributed by atoms with E-state index in [9.17, 15) is 19.8 Å². The Bertz CT molecular complexity index is 626. The minimum absolute atomic E-state index is 0. The number of unbranched alkanes of at least 4 members (excludes halogenated alkanes) is 22. The van der Waals surface area contributed by atoms with E-state index in [0.29, 0.717) is 0 Å². The number of hydrogen-bond donors (Lipinski definition) is 2. The Morgan fingerprint density at radius 2 is 0.612 bits per heavy atom. The summed E-state index contributed by atoms with van der Waals surface area (Å²) >= 11 is 0. The van der Waals surface area contributed by atoms with Crippen molar-refractivity contribution in [2.75, 3.05) is 0 Å². The molecule has 0 aliphatic carbocycles. The van der Waals surface area contributed by atoms with E-state index in [1.165, 1.54) is 128 Å². The summed E-state index contributed by atoms with van der Waals surface area (Å²) in [6.45, 7) is 4.51. The largest absolute Gasteiger partial charge is 1.00 e. The molecule has 0 radical (unpaired) electrons. The second-order valence-electron chi connectivity index (χ2n) is 12.0. The summed E-state index contributed by atoms with van der Waals surface area (Å²) in [5.41, 5.74) is 0. The molecule has 0 atom stereocenters. The van der Waals surface area contributed by atoms with Gasteiger partial charge in [0.1, 0.15) is 9.05 Å². The third kappa shape index (κ3) is 89.2. The van der Waals surface area contributed by atoms with Gasteiger partial charge in [-0.2, -0.15) is 0 Å². The fourth-order valence-corrected chi connectivity index (χ4v) is 4.68. The van der Waals surface area contributed by atoms with E-state index in [1.807, 2.05) is 0 Å². The molecular weight excluding hydrogens is 680 g/mol. The smallest absolute Gasteiger partial charge is 0.828 e. The summed E-state index contributed by atoms with van der Waals surface area (Å²) in [6.07, 6.45) is 41.8. The first-order chi connectivity index (χ1) is 21.5. The Kier molecular flexibility index (Phi) is 77.4. The molecule has 2 N–H and O–H groups in total. The van der Waals surface area contributed by atoms with E-state index >= 15 is 0 Å². The standard InChI is InChI=1S/2C18H34O2.4Na.H2O4Si/c2*1-2-3-4-5-6-7-8-9-10-11-12-13-14-15-16-17-18(19)20;;;;;1-5(2,3)4/h2*9-10H,2-8,11-17H2,1H3,(H,19,20);;;;;1-2H/q;;4*+1;-2/p-2/b2*10-9-;;;;;. The van der Waals surface area contributed by atoms with Crippen LogP contribution in [0.1, 0.15) is 194 Å². The maximum absolute atomic E-state index is 10.2. The molecule has 0 bridgehead atoms. The van der Waals surface area contributed by atoms with Crippen LogP contribution in [0.5, 0.6) is 0 Å². The molecule has 0 aromatic heterocycles. The van der Waals surface area contributed by atoms with E-state index in [4.69, 9.17) is 19.2 Å². The van der Waals surface area contributed by atoms with Gasteiger partial charge in [0.15, 0.2) is 0 Å². The maximum Gasteiger partial charge on any atom is 1.00 e. The van der Waals surface area contributed by atoms with Gasteiger partial charge in [0.05, 0.1) is 0 Å². The molecule has 49 heavy (non-hydrogen) atoms. The Hall–Kier alpha value is 2.48. The number of carboxylic acids is 2. The average Bonchev–Trinajstić information content (AvgIpc) is 2.96. The molecule has 0 heterocycles. The molecule has 0 aliphatic heterocycles. The minimum atomic E-state index is -5.11. The Labute approximate surface area is 391 Å². The summed E-state index contributed by atoms with van der Waals surface area (Å²) < 4.78 is 0. The van der Waals surface area contributed by atoms with Crippen LogP contribution in [-0.2, 0) is 9.59 Å². The first kappa shape index (κ1) is 66.3. The topological polar surface area (TPSA) is 167 Å². The van der Waals surface area contributed by atoms with Gasteiger partial charge in [-0.1, -0.05) is 141 Å². The van der Waals surface area contributed by atoms with Crippen LogP contribution in [-0.4, -0.2) is 30.6 Å². The number of rotatable bonds is 30. The van der Waals surface area contributed by atoms with E-state index in [2.05, 4.69) is 38.2 Å². The monoisotopic (exact) mass is 748 g/mol. The van der Waals surface area contributed by atoms with Gasteiger partial charge in [-0.05, 0) is 77.0 Å². The molecule has 0 unspecified atom stereocenters. The zero-order valence-electron chi connectivity index (χ0n) is 33.0. The van der Waals surface area contributed by atoms with Crippen molar-refractivity contribution in [1.82, 2.24) is 0 Å². The fourth-order valence-electron chi connectivity index (χ4n) is 4.68. The summed E-state index contributed by atoms with van der Waals surface area (Å²) in [5, 5.41) is 20.4. The third-order valence-corrected chi connectivity index (χ3v) is 7.29. The zero-order valence-corrected chi connectivity index (χ0v) is 42.0. The van der Waals surface area contributed by atoms with Crippen LogP contribution >= 0.6 is 0 Å². The second-order valence-corrected chi connectivity index (χ2v) is 13.1. The maximum atomic E-state index is 10.2. The van der Waals surface area contributed by atoms with Crippen LogP contribution in [0.15, 0.2) is 24.3 Å². The summed E-state index contributed by atoms with van der Waals surface area (Å²) in [5.74, 6) is -1.83. The van der Waals surface area contributed by atoms with Crippen molar-refractivity contribution in [3.05, 3.63) is 24.3 Å². The number of aliphatic carboxylic acids is 2. The first-order valence-corrected chi connectivity index (χ1v) is 19.8. The van der Waals surface area contributed by atoms with Crippen LogP contribution in [0.2, 0.25) is 0 Å². The van der Waals surface area contributed by atoms with Crippen molar-refractivity contribution in [2.45, 2.75) is 194 Å². The van der Waals surface area contributed by atoms with Gasteiger partial charge in [-0.3, -0.25) is 0 Å². The molecule has 0 aromatic rings. The minimum Gasteiger partial charge on any atom is -0.828 e. The van der Waals surface area contributed by atoms with Gasteiger partial charge in [-0.25, -0.2) is 0 Å². The molecule has 0 saturated carbocycles. The summed E-state index contributed by atoms with van der Waals surface area (Å²) in [7, 11) is -5.11. The van der Waals surface area contributed by atoms with Crippen LogP contribution in [0.25, 0.3) is 0 Å². The van der Waals surface area contributed by atoms with E-state index in [0.717, 1.165) is 38.5 Å². The van der Waals surface area contributed by atoms with Crippen LogP contribution in [0, 0.1) is 0 Å². The number of carboxylic acid groups (broad SMARTS) is 2. The SMILES string of the molecule is CCCCCCCC/C=C\CCCCCCCC(=O)[O-].CCCCCCCC/C=C\CCCCCCCC(=O)[O-].[Na+].[Na+].[Na+].[Na+].[O-][Si]([O-])(O)O. The Morgan fingerprint density at radius 3 is 0.816 bits per heavy atom. The van der Waals surface area contributed by atoms with E-state index in [1.54, 1.807) is 0 Å². The van der Waals surface area contributed by atoms with Crippen LogP contribution in [0.4, 0.5) is 0 Å². The average molecular weight is 749 g/mol. The molecule has 0 aliphatic rings. The second kappa shape index (κ2) is 57.2. The predicted molar refractivity (Wildman–Crippen MR) is 179 cm³/mol. The molecule has 13 heteroatoms. The molecule has 0 aromatic carbocycles. The Balaban J connectivity index is -0.000000118. The van der Waals surface area contributed by atoms with Crippen molar-refractivity contribution < 1.29 is 157 Å². The van der Waals surface area contributed by atoms with Crippen molar-refractivity contribution in [3.63, 3.8) is 0 Å². The zero-order chi connectivity index (χ0) is 34.3. The predicted octanol–water partition coefficient (Wildman–Crippen LogP) is -6.31. The van der Waals surface area contributed by atoms with Crippen molar-refractivity contribution >= 4 is 21.0 Å². The number of carbonyl (C=O) groups excluding carboxylic acids is 2. The van der Waals surface area contributed by atoms with Gasteiger partial charge in [0, 0.05) is 11.9 Å². The number of allylic oxidation sites excluding steroid dienone is 4. The van der Waals surface area contributed by atoms with E-state index < -0.39 is 21.0 Å². The quantitative estimate of drug-likeness (QED) is 0.0416. The molecule has 0 amide bonds. The van der Waals surface area contributed by atoms with Gasteiger partial charge >= 0.3 is 118 Å². The molecule has 268 valence electrons. The van der Waals surface area contributed by atoms with Gasteiger partial charge in [0.2, 0.25) is 0 Å². The fraction of sp³-hybridized carbons (Fsp3) is 0.833. The van der Waals surface area contributed by atoms with Crippen LogP contribution in [0.3, 0.4) is 0 Å². The van der Waals surface area contributed by atoms with Gasteiger partial charge in [0.25, 0.3) is 0 Å². The molecule has 0 spiro atoms. The van der Waals surface area contributed by atoms with E-state index in [-0.39, 0.29) is 131 Å². The molecule has 0 saturated heterocycles. The molecule has 0 rings (SSSR count). The van der Waals surface area contributed by atoms with Gasteiger partial charge in [-0.15, -0.1) is 0 Å². The number of carbonyl (C=O) groups is 2. The van der Waals surface area contributed by atoms with Crippen molar-refractivity contribution in [2.24, 2.45) is 0 Å². The van der Waals surface area contributed by atoms with Crippen molar-refractivity contribution in [3.8, 4) is 0 Å². The van der Waals surface area contributed by atoms with Crippen molar-refractivity contribution in [1.29, 1.82) is 0 Å².